The summed E-state index contributed by atoms with van der Waals surface area (Å²) in [6.45, 7) is 3.87. The number of aryl methyl sites for hydroxylation is 2. The average Bonchev–Trinajstić information content (AvgIpc) is 2.21. The maximum Gasteiger partial charge on any atom is 0.0770 e. The summed E-state index contributed by atoms with van der Waals surface area (Å²) in [6, 6.07) is 3.75. The van der Waals surface area contributed by atoms with Gasteiger partial charge in [0.2, 0.25) is 0 Å². The lowest BCUT2D eigenvalue weighted by atomic mass is 10.1. The first-order valence-electron chi connectivity index (χ1n) is 4.52. The van der Waals surface area contributed by atoms with Crippen LogP contribution in [-0.2, 0) is 0 Å². The number of nitrogens with two attached hydrogens (primary N) is 1. The first-order valence-corrected chi connectivity index (χ1v) is 5.70. The van der Waals surface area contributed by atoms with Crippen LogP contribution in [0.25, 0.3) is 10.9 Å². The molecule has 0 aliphatic rings. The lowest BCUT2D eigenvalue weighted by Gasteiger charge is -2.09. The second-order valence-corrected chi connectivity index (χ2v) is 4.69. The number of nitrogen functional groups attached to an aromatic ring is 1. The minimum Gasteiger partial charge on any atom is -0.397 e. The van der Waals surface area contributed by atoms with E-state index in [0.717, 1.165) is 37.3 Å². The summed E-state index contributed by atoms with van der Waals surface area (Å²) < 4.78 is 0.858. The van der Waals surface area contributed by atoms with Crippen molar-refractivity contribution in [3.8, 4) is 0 Å². The fourth-order valence-electron chi connectivity index (χ4n) is 1.57. The predicted molar refractivity (Wildman–Crippen MR) is 68.3 cm³/mol. The molecule has 1 aromatic carbocycles. The van der Waals surface area contributed by atoms with E-state index in [9.17, 15) is 0 Å². The van der Waals surface area contributed by atoms with E-state index in [0.29, 0.717) is 0 Å². The minimum absolute atomic E-state index is 0.719. The number of hydrogen-bond donors (Lipinski definition) is 1. The maximum atomic E-state index is 6.04. The number of fused-ring (bicyclic) bond motifs is 1. The van der Waals surface area contributed by atoms with Gasteiger partial charge in [-0.05, 0) is 47.5 Å². The van der Waals surface area contributed by atoms with E-state index in [4.69, 9.17) is 17.3 Å². The zero-order valence-electron chi connectivity index (χ0n) is 8.44. The highest BCUT2D eigenvalue weighted by molar-refractivity contribution is 9.10. The summed E-state index contributed by atoms with van der Waals surface area (Å²) >= 11 is 9.46. The van der Waals surface area contributed by atoms with E-state index < -0.39 is 0 Å². The Bertz CT molecular complexity index is 552. The molecule has 0 unspecified atom stereocenters. The molecule has 0 saturated carbocycles. The lowest BCUT2D eigenvalue weighted by Crippen LogP contribution is -1.96. The van der Waals surface area contributed by atoms with Gasteiger partial charge in [0.05, 0.1) is 21.4 Å². The summed E-state index contributed by atoms with van der Waals surface area (Å²) in [5.41, 5.74) is 9.45. The third kappa shape index (κ3) is 1.60. The number of hydrogen-bond acceptors (Lipinski definition) is 2. The second-order valence-electron chi connectivity index (χ2n) is 3.49. The zero-order valence-corrected chi connectivity index (χ0v) is 10.8. The third-order valence-corrected chi connectivity index (χ3v) is 3.90. The number of benzene rings is 1. The summed E-state index contributed by atoms with van der Waals surface area (Å²) in [5, 5.41) is 1.66. The third-order valence-electron chi connectivity index (χ3n) is 2.49. The molecule has 2 nitrogen and oxygen atoms in total. The van der Waals surface area contributed by atoms with Crippen molar-refractivity contribution in [2.24, 2.45) is 0 Å². The molecular formula is C11H10BrClN2. The number of nitrogens with zero attached hydrogens (tertiary/aromatic N) is 1. The van der Waals surface area contributed by atoms with Crippen molar-refractivity contribution in [2.75, 3.05) is 5.73 Å². The summed E-state index contributed by atoms with van der Waals surface area (Å²) in [5.74, 6) is 0. The first-order chi connectivity index (χ1) is 7.02. The molecule has 1 heterocycles. The van der Waals surface area contributed by atoms with Crippen molar-refractivity contribution in [1.82, 2.24) is 4.98 Å². The topological polar surface area (TPSA) is 38.9 Å². The van der Waals surface area contributed by atoms with Gasteiger partial charge < -0.3 is 5.73 Å². The molecule has 1 aromatic heterocycles. The van der Waals surface area contributed by atoms with E-state index in [-0.39, 0.29) is 0 Å². The number of aromatic nitrogens is 1. The van der Waals surface area contributed by atoms with Gasteiger partial charge in [0.15, 0.2) is 0 Å². The quantitative estimate of drug-likeness (QED) is 0.798. The van der Waals surface area contributed by atoms with Crippen LogP contribution >= 0.6 is 27.5 Å². The molecule has 0 aliphatic carbocycles. The van der Waals surface area contributed by atoms with Crippen LogP contribution in [0, 0.1) is 13.8 Å². The summed E-state index contributed by atoms with van der Waals surface area (Å²) in [4.78, 5) is 4.49. The van der Waals surface area contributed by atoms with Crippen molar-refractivity contribution >= 4 is 44.1 Å². The molecule has 0 fully saturated rings. The standard InChI is InChI=1S/C11H10BrClN2/c1-5-8(13)4-3-7-10(14)9(12)6(2)15-11(5)7/h3-4H,1-2H3,(H2,14,15). The van der Waals surface area contributed by atoms with Crippen molar-refractivity contribution in [3.05, 3.63) is 32.9 Å². The van der Waals surface area contributed by atoms with Gasteiger partial charge in [0.1, 0.15) is 0 Å². The van der Waals surface area contributed by atoms with Crippen LogP contribution in [0.3, 0.4) is 0 Å². The van der Waals surface area contributed by atoms with E-state index >= 15 is 0 Å². The molecule has 78 valence electrons. The molecule has 0 atom stereocenters. The molecule has 0 spiro atoms. The average molecular weight is 286 g/mol. The largest absolute Gasteiger partial charge is 0.397 e. The highest BCUT2D eigenvalue weighted by atomic mass is 79.9. The van der Waals surface area contributed by atoms with E-state index in [1.54, 1.807) is 0 Å². The normalized spacial score (nSPS) is 10.9. The van der Waals surface area contributed by atoms with E-state index in [1.165, 1.54) is 0 Å². The van der Waals surface area contributed by atoms with E-state index in [1.807, 2.05) is 26.0 Å². The Balaban J connectivity index is 2.98. The Morgan fingerprint density at radius 1 is 1.33 bits per heavy atom. The monoisotopic (exact) mass is 284 g/mol. The van der Waals surface area contributed by atoms with E-state index in [2.05, 4.69) is 20.9 Å². The van der Waals surface area contributed by atoms with Gasteiger partial charge in [-0.2, -0.15) is 0 Å². The number of pyridine rings is 1. The van der Waals surface area contributed by atoms with Crippen LogP contribution in [0.1, 0.15) is 11.3 Å². The maximum absolute atomic E-state index is 6.04. The molecule has 0 radical (unpaired) electrons. The van der Waals surface area contributed by atoms with Gasteiger partial charge in [0, 0.05) is 10.4 Å². The second kappa shape index (κ2) is 3.65. The molecule has 2 rings (SSSR count). The predicted octanol–water partition coefficient (Wildman–Crippen LogP) is 3.85. The first kappa shape index (κ1) is 10.7. The zero-order chi connectivity index (χ0) is 11.2. The molecule has 0 amide bonds. The minimum atomic E-state index is 0.719. The van der Waals surface area contributed by atoms with Crippen molar-refractivity contribution in [3.63, 3.8) is 0 Å². The number of anilines is 1. The molecule has 0 aliphatic heterocycles. The van der Waals surface area contributed by atoms with Crippen LogP contribution in [0.15, 0.2) is 16.6 Å². The van der Waals surface area contributed by atoms with Gasteiger partial charge in [-0.25, -0.2) is 0 Å². The van der Waals surface area contributed by atoms with Gasteiger partial charge in [-0.15, -0.1) is 0 Å². The Labute approximate surface area is 102 Å². The Kier molecular flexibility index (Phi) is 2.61. The van der Waals surface area contributed by atoms with Crippen LogP contribution in [0.4, 0.5) is 5.69 Å². The fourth-order valence-corrected chi connectivity index (χ4v) is 2.02. The van der Waals surface area contributed by atoms with Gasteiger partial charge in [-0.1, -0.05) is 11.6 Å². The highest BCUT2D eigenvalue weighted by Gasteiger charge is 2.10. The summed E-state index contributed by atoms with van der Waals surface area (Å²) in [7, 11) is 0. The Morgan fingerprint density at radius 3 is 2.67 bits per heavy atom. The van der Waals surface area contributed by atoms with Gasteiger partial charge >= 0.3 is 0 Å². The summed E-state index contributed by atoms with van der Waals surface area (Å²) in [6.07, 6.45) is 0. The fraction of sp³-hybridized carbons (Fsp3) is 0.182. The molecular weight excluding hydrogens is 275 g/mol. The molecule has 4 heteroatoms. The molecule has 2 aromatic rings. The van der Waals surface area contributed by atoms with Crippen LogP contribution in [-0.4, -0.2) is 4.98 Å². The van der Waals surface area contributed by atoms with Crippen molar-refractivity contribution in [1.29, 1.82) is 0 Å². The van der Waals surface area contributed by atoms with Gasteiger partial charge in [-0.3, -0.25) is 4.98 Å². The van der Waals surface area contributed by atoms with Crippen molar-refractivity contribution < 1.29 is 0 Å². The Morgan fingerprint density at radius 2 is 2.00 bits per heavy atom. The molecule has 2 N–H and O–H groups in total. The van der Waals surface area contributed by atoms with Crippen LogP contribution in [0.5, 0.6) is 0 Å². The highest BCUT2D eigenvalue weighted by Crippen LogP contribution is 2.33. The molecule has 0 bridgehead atoms. The van der Waals surface area contributed by atoms with Crippen LogP contribution in [0.2, 0.25) is 5.02 Å². The molecule has 15 heavy (non-hydrogen) atoms. The van der Waals surface area contributed by atoms with Gasteiger partial charge in [0.25, 0.3) is 0 Å². The smallest absolute Gasteiger partial charge is 0.0770 e. The number of halogens is 2. The number of rotatable bonds is 0. The molecule has 0 saturated heterocycles. The van der Waals surface area contributed by atoms with Crippen molar-refractivity contribution in [2.45, 2.75) is 13.8 Å². The lowest BCUT2D eigenvalue weighted by molar-refractivity contribution is 1.22. The SMILES string of the molecule is Cc1nc2c(C)c(Cl)ccc2c(N)c1Br. The Hall–Kier alpha value is -0.800. The van der Waals surface area contributed by atoms with Crippen LogP contribution < -0.4 is 5.73 Å².